The van der Waals surface area contributed by atoms with Crippen LogP contribution in [-0.2, 0) is 6.54 Å². The topological polar surface area (TPSA) is 29.9 Å². The molecule has 0 saturated heterocycles. The normalized spacial score (nSPS) is 15.9. The van der Waals surface area contributed by atoms with Crippen molar-refractivity contribution in [1.29, 1.82) is 0 Å². The quantitative estimate of drug-likeness (QED) is 0.873. The SMILES string of the molecule is CC(C)NCc1ccc2c(c1)ncn2C1CC1. The summed E-state index contributed by atoms with van der Waals surface area (Å²) in [6.45, 7) is 5.25. The van der Waals surface area contributed by atoms with Crippen LogP contribution in [0.2, 0.25) is 0 Å². The zero-order chi connectivity index (χ0) is 11.8. The maximum absolute atomic E-state index is 4.50. The molecule has 3 rings (SSSR count). The van der Waals surface area contributed by atoms with Crippen LogP contribution in [0.5, 0.6) is 0 Å². The average molecular weight is 229 g/mol. The van der Waals surface area contributed by atoms with Gasteiger partial charge in [-0.2, -0.15) is 0 Å². The summed E-state index contributed by atoms with van der Waals surface area (Å²) in [5.74, 6) is 0. The summed E-state index contributed by atoms with van der Waals surface area (Å²) >= 11 is 0. The number of rotatable bonds is 4. The monoisotopic (exact) mass is 229 g/mol. The zero-order valence-electron chi connectivity index (χ0n) is 10.5. The highest BCUT2D eigenvalue weighted by molar-refractivity contribution is 5.76. The lowest BCUT2D eigenvalue weighted by atomic mass is 10.2. The number of hydrogen-bond donors (Lipinski definition) is 1. The highest BCUT2D eigenvalue weighted by Gasteiger charge is 2.24. The third-order valence-electron chi connectivity index (χ3n) is 3.29. The van der Waals surface area contributed by atoms with Crippen LogP contribution in [0.25, 0.3) is 11.0 Å². The summed E-state index contributed by atoms with van der Waals surface area (Å²) in [4.78, 5) is 4.50. The van der Waals surface area contributed by atoms with Crippen LogP contribution < -0.4 is 5.32 Å². The largest absolute Gasteiger partial charge is 0.327 e. The van der Waals surface area contributed by atoms with Crippen molar-refractivity contribution < 1.29 is 0 Å². The van der Waals surface area contributed by atoms with Crippen LogP contribution in [0, 0.1) is 0 Å². The molecule has 0 amide bonds. The Kier molecular flexibility index (Phi) is 2.63. The minimum absolute atomic E-state index is 0.523. The van der Waals surface area contributed by atoms with Gasteiger partial charge in [-0.3, -0.25) is 0 Å². The minimum atomic E-state index is 0.523. The first kappa shape index (κ1) is 10.8. The highest BCUT2D eigenvalue weighted by atomic mass is 15.1. The van der Waals surface area contributed by atoms with Crippen LogP contribution in [0.15, 0.2) is 24.5 Å². The van der Waals surface area contributed by atoms with Crippen LogP contribution >= 0.6 is 0 Å². The van der Waals surface area contributed by atoms with Gasteiger partial charge in [0.1, 0.15) is 0 Å². The molecule has 2 aromatic rings. The molecule has 0 bridgehead atoms. The number of nitrogens with zero attached hydrogens (tertiary/aromatic N) is 2. The third-order valence-corrected chi connectivity index (χ3v) is 3.29. The van der Waals surface area contributed by atoms with E-state index in [-0.39, 0.29) is 0 Å². The van der Waals surface area contributed by atoms with E-state index in [0.717, 1.165) is 12.1 Å². The Morgan fingerprint density at radius 3 is 2.94 bits per heavy atom. The van der Waals surface area contributed by atoms with Gasteiger partial charge in [0.15, 0.2) is 0 Å². The van der Waals surface area contributed by atoms with Gasteiger partial charge >= 0.3 is 0 Å². The standard InChI is InChI=1S/C14H19N3/c1-10(2)15-8-11-3-6-14-13(7-11)16-9-17(14)12-4-5-12/h3,6-7,9-10,12,15H,4-5,8H2,1-2H3. The lowest BCUT2D eigenvalue weighted by Crippen LogP contribution is -2.21. The first-order chi connectivity index (χ1) is 8.24. The molecule has 1 heterocycles. The van der Waals surface area contributed by atoms with Gasteiger partial charge in [-0.05, 0) is 30.5 Å². The Morgan fingerprint density at radius 1 is 1.41 bits per heavy atom. The van der Waals surface area contributed by atoms with Crippen molar-refractivity contribution in [2.75, 3.05) is 0 Å². The summed E-state index contributed by atoms with van der Waals surface area (Å²) in [5.41, 5.74) is 3.72. The second-order valence-corrected chi connectivity index (χ2v) is 5.24. The minimum Gasteiger partial charge on any atom is -0.327 e. The fourth-order valence-electron chi connectivity index (χ4n) is 2.15. The van der Waals surface area contributed by atoms with Crippen molar-refractivity contribution in [2.45, 2.75) is 45.3 Å². The molecule has 1 aromatic carbocycles. The molecule has 1 aliphatic carbocycles. The number of imidazole rings is 1. The Hall–Kier alpha value is -1.35. The molecule has 1 aliphatic rings. The maximum Gasteiger partial charge on any atom is 0.0960 e. The second kappa shape index (κ2) is 4.15. The Labute approximate surface area is 102 Å². The average Bonchev–Trinajstić information content (AvgIpc) is 3.07. The molecule has 1 N–H and O–H groups in total. The first-order valence-corrected chi connectivity index (χ1v) is 6.43. The first-order valence-electron chi connectivity index (χ1n) is 6.43. The van der Waals surface area contributed by atoms with Crippen LogP contribution in [0.1, 0.15) is 38.3 Å². The van der Waals surface area contributed by atoms with E-state index in [9.17, 15) is 0 Å². The predicted molar refractivity (Wildman–Crippen MR) is 70.0 cm³/mol. The third kappa shape index (κ3) is 2.20. The highest BCUT2D eigenvalue weighted by Crippen LogP contribution is 2.37. The molecule has 0 unspecified atom stereocenters. The molecule has 0 radical (unpaired) electrons. The van der Waals surface area contributed by atoms with Crippen molar-refractivity contribution in [3.63, 3.8) is 0 Å². The fraction of sp³-hybridized carbons (Fsp3) is 0.500. The molecule has 0 aliphatic heterocycles. The Balaban J connectivity index is 1.86. The summed E-state index contributed by atoms with van der Waals surface area (Å²) in [6, 6.07) is 7.84. The molecule has 3 heteroatoms. The van der Waals surface area contributed by atoms with E-state index in [4.69, 9.17) is 0 Å². The molecule has 0 spiro atoms. The van der Waals surface area contributed by atoms with Crippen LogP contribution in [-0.4, -0.2) is 15.6 Å². The van der Waals surface area contributed by atoms with E-state index in [1.54, 1.807) is 0 Å². The number of aromatic nitrogens is 2. The predicted octanol–water partition coefficient (Wildman–Crippen LogP) is 2.87. The van der Waals surface area contributed by atoms with Crippen molar-refractivity contribution in [3.05, 3.63) is 30.1 Å². The van der Waals surface area contributed by atoms with E-state index in [2.05, 4.69) is 46.9 Å². The second-order valence-electron chi connectivity index (χ2n) is 5.24. The van der Waals surface area contributed by atoms with Gasteiger partial charge in [-0.15, -0.1) is 0 Å². The molecule has 90 valence electrons. The van der Waals surface area contributed by atoms with E-state index < -0.39 is 0 Å². The summed E-state index contributed by atoms with van der Waals surface area (Å²) < 4.78 is 2.31. The van der Waals surface area contributed by atoms with Gasteiger partial charge in [-0.25, -0.2) is 4.98 Å². The van der Waals surface area contributed by atoms with Crippen molar-refractivity contribution in [3.8, 4) is 0 Å². The molecule has 3 nitrogen and oxygen atoms in total. The molecular weight excluding hydrogens is 210 g/mol. The van der Waals surface area contributed by atoms with Crippen LogP contribution in [0.4, 0.5) is 0 Å². The number of hydrogen-bond acceptors (Lipinski definition) is 2. The summed E-state index contributed by atoms with van der Waals surface area (Å²) in [7, 11) is 0. The van der Waals surface area contributed by atoms with Gasteiger partial charge in [0.25, 0.3) is 0 Å². The fourth-order valence-corrected chi connectivity index (χ4v) is 2.15. The van der Waals surface area contributed by atoms with Gasteiger partial charge < -0.3 is 9.88 Å². The van der Waals surface area contributed by atoms with Gasteiger partial charge in [-0.1, -0.05) is 19.9 Å². The number of nitrogens with one attached hydrogen (secondary N) is 1. The van der Waals surface area contributed by atoms with E-state index in [1.807, 2.05) is 6.33 Å². The van der Waals surface area contributed by atoms with E-state index >= 15 is 0 Å². The molecule has 1 fully saturated rings. The summed E-state index contributed by atoms with van der Waals surface area (Å²) in [6.07, 6.45) is 4.60. The maximum atomic E-state index is 4.50. The van der Waals surface area contributed by atoms with Gasteiger partial charge in [0, 0.05) is 18.6 Å². The van der Waals surface area contributed by atoms with E-state index in [0.29, 0.717) is 12.1 Å². The summed E-state index contributed by atoms with van der Waals surface area (Å²) in [5, 5.41) is 3.43. The Bertz CT molecular complexity index is 523. The lowest BCUT2D eigenvalue weighted by molar-refractivity contribution is 0.589. The van der Waals surface area contributed by atoms with Crippen LogP contribution in [0.3, 0.4) is 0 Å². The van der Waals surface area contributed by atoms with Crippen molar-refractivity contribution >= 4 is 11.0 Å². The molecule has 0 atom stereocenters. The Morgan fingerprint density at radius 2 is 2.24 bits per heavy atom. The van der Waals surface area contributed by atoms with E-state index in [1.165, 1.54) is 23.9 Å². The molecule has 17 heavy (non-hydrogen) atoms. The van der Waals surface area contributed by atoms with Crippen molar-refractivity contribution in [1.82, 2.24) is 14.9 Å². The smallest absolute Gasteiger partial charge is 0.0960 e. The zero-order valence-corrected chi connectivity index (χ0v) is 10.5. The van der Waals surface area contributed by atoms with Gasteiger partial charge in [0.2, 0.25) is 0 Å². The number of fused-ring (bicyclic) bond motifs is 1. The lowest BCUT2D eigenvalue weighted by Gasteiger charge is -2.08. The molecule has 1 aromatic heterocycles. The molecular formula is C14H19N3. The van der Waals surface area contributed by atoms with Crippen molar-refractivity contribution in [2.24, 2.45) is 0 Å². The van der Waals surface area contributed by atoms with Gasteiger partial charge in [0.05, 0.1) is 17.4 Å². The number of benzene rings is 1. The molecule has 1 saturated carbocycles.